The molecule has 0 amide bonds. The molecule has 0 fully saturated rings. The lowest BCUT2D eigenvalue weighted by Gasteiger charge is -2.13. The van der Waals surface area contributed by atoms with E-state index in [-0.39, 0.29) is 5.41 Å². The maximum atomic E-state index is 4.66. The van der Waals surface area contributed by atoms with Crippen LogP contribution in [0.5, 0.6) is 0 Å². The van der Waals surface area contributed by atoms with Crippen molar-refractivity contribution in [3.05, 3.63) is 28.0 Å². The minimum absolute atomic E-state index is 0.132. The minimum atomic E-state index is 0.132. The van der Waals surface area contributed by atoms with Gasteiger partial charge in [-0.25, -0.2) is 4.98 Å². The molecule has 2 aromatic rings. The van der Waals surface area contributed by atoms with Crippen LogP contribution in [0.2, 0.25) is 0 Å². The van der Waals surface area contributed by atoms with Gasteiger partial charge in [-0.05, 0) is 6.92 Å². The molecule has 0 aliphatic heterocycles. The summed E-state index contributed by atoms with van der Waals surface area (Å²) in [6.45, 7) is 9.32. The first-order chi connectivity index (χ1) is 8.36. The zero-order valence-corrected chi connectivity index (χ0v) is 12.4. The number of hydrogen-bond acceptors (Lipinski definition) is 4. The molecule has 0 saturated carbocycles. The summed E-state index contributed by atoms with van der Waals surface area (Å²) in [5.74, 6) is 0. The van der Waals surface area contributed by atoms with Gasteiger partial charge in [0.25, 0.3) is 0 Å². The van der Waals surface area contributed by atoms with Crippen LogP contribution in [0.25, 0.3) is 0 Å². The third-order valence-corrected chi connectivity index (χ3v) is 3.98. The second kappa shape index (κ2) is 4.72. The van der Waals surface area contributed by atoms with Gasteiger partial charge in [0.2, 0.25) is 0 Å². The van der Waals surface area contributed by atoms with E-state index >= 15 is 0 Å². The van der Waals surface area contributed by atoms with E-state index in [1.807, 2.05) is 24.9 Å². The summed E-state index contributed by atoms with van der Waals surface area (Å²) in [6.07, 6.45) is 1.99. The molecule has 0 aromatic carbocycles. The molecular weight excluding hydrogens is 244 g/mol. The number of aromatic nitrogens is 3. The quantitative estimate of drug-likeness (QED) is 0.926. The van der Waals surface area contributed by atoms with E-state index in [2.05, 4.69) is 41.6 Å². The highest BCUT2D eigenvalue weighted by Crippen LogP contribution is 2.25. The van der Waals surface area contributed by atoms with Crippen LogP contribution in [0.3, 0.4) is 0 Å². The fraction of sp³-hybridized carbons (Fsp3) is 0.538. The topological polar surface area (TPSA) is 42.7 Å². The lowest BCUT2D eigenvalue weighted by molar-refractivity contribution is 0.583. The number of nitrogens with one attached hydrogen (secondary N) is 1. The van der Waals surface area contributed by atoms with Gasteiger partial charge in [-0.1, -0.05) is 20.8 Å². The number of rotatable bonds is 3. The third-order valence-electron chi connectivity index (χ3n) is 2.67. The average Bonchev–Trinajstić information content (AvgIpc) is 2.81. The smallest absolute Gasteiger partial charge is 0.0982 e. The summed E-state index contributed by atoms with van der Waals surface area (Å²) < 4.78 is 1.82. The van der Waals surface area contributed by atoms with Crippen molar-refractivity contribution in [2.24, 2.45) is 7.05 Å². The van der Waals surface area contributed by atoms with Crippen molar-refractivity contribution in [3.63, 3.8) is 0 Å². The maximum absolute atomic E-state index is 4.66. The second-order valence-electron chi connectivity index (χ2n) is 5.55. The van der Waals surface area contributed by atoms with Gasteiger partial charge in [0.15, 0.2) is 0 Å². The fourth-order valence-corrected chi connectivity index (χ4v) is 2.60. The zero-order chi connectivity index (χ0) is 13.3. The first-order valence-corrected chi connectivity index (χ1v) is 6.93. The Morgan fingerprint density at radius 3 is 2.61 bits per heavy atom. The molecule has 0 atom stereocenters. The van der Waals surface area contributed by atoms with Crippen LogP contribution in [0.15, 0.2) is 11.6 Å². The summed E-state index contributed by atoms with van der Waals surface area (Å²) in [6, 6.07) is 0. The molecule has 5 heteroatoms. The number of aryl methyl sites for hydroxylation is 2. The van der Waals surface area contributed by atoms with Crippen LogP contribution in [-0.4, -0.2) is 14.8 Å². The molecule has 0 unspecified atom stereocenters. The summed E-state index contributed by atoms with van der Waals surface area (Å²) in [5.41, 5.74) is 3.31. The Labute approximate surface area is 112 Å². The zero-order valence-electron chi connectivity index (χ0n) is 11.6. The second-order valence-corrected chi connectivity index (χ2v) is 6.41. The minimum Gasteiger partial charge on any atom is -0.377 e. The van der Waals surface area contributed by atoms with E-state index in [1.165, 1.54) is 5.01 Å². The number of hydrogen-bond donors (Lipinski definition) is 1. The molecule has 18 heavy (non-hydrogen) atoms. The summed E-state index contributed by atoms with van der Waals surface area (Å²) >= 11 is 1.73. The van der Waals surface area contributed by atoms with Gasteiger partial charge >= 0.3 is 0 Å². The molecule has 0 bridgehead atoms. The molecule has 2 heterocycles. The van der Waals surface area contributed by atoms with Crippen molar-refractivity contribution in [2.75, 3.05) is 5.32 Å². The van der Waals surface area contributed by atoms with Crippen molar-refractivity contribution in [1.82, 2.24) is 14.8 Å². The van der Waals surface area contributed by atoms with E-state index in [9.17, 15) is 0 Å². The van der Waals surface area contributed by atoms with E-state index < -0.39 is 0 Å². The summed E-state index contributed by atoms with van der Waals surface area (Å²) in [4.78, 5) is 4.66. The molecule has 0 saturated heterocycles. The molecule has 0 aliphatic rings. The van der Waals surface area contributed by atoms with E-state index in [4.69, 9.17) is 0 Å². The SMILES string of the molecule is Cc1nn(C)cc1NCc1csc(C(C)(C)C)n1. The van der Waals surface area contributed by atoms with Crippen LogP contribution in [0, 0.1) is 6.92 Å². The molecule has 2 aromatic heterocycles. The van der Waals surface area contributed by atoms with Gasteiger partial charge in [0.1, 0.15) is 0 Å². The van der Waals surface area contributed by atoms with Gasteiger partial charge in [-0.15, -0.1) is 11.3 Å². The van der Waals surface area contributed by atoms with E-state index in [1.54, 1.807) is 11.3 Å². The van der Waals surface area contributed by atoms with Crippen molar-refractivity contribution < 1.29 is 0 Å². The summed E-state index contributed by atoms with van der Waals surface area (Å²) in [7, 11) is 1.93. The Hall–Kier alpha value is -1.36. The molecule has 0 spiro atoms. The maximum Gasteiger partial charge on any atom is 0.0982 e. The monoisotopic (exact) mass is 264 g/mol. The lowest BCUT2D eigenvalue weighted by Crippen LogP contribution is -2.11. The van der Waals surface area contributed by atoms with Crippen molar-refractivity contribution in [3.8, 4) is 0 Å². The fourth-order valence-electron chi connectivity index (χ4n) is 1.69. The molecule has 2 rings (SSSR count). The Morgan fingerprint density at radius 1 is 1.39 bits per heavy atom. The summed E-state index contributed by atoms with van der Waals surface area (Å²) in [5, 5.41) is 11.0. The normalized spacial score (nSPS) is 11.8. The van der Waals surface area contributed by atoms with E-state index in [0.29, 0.717) is 0 Å². The largest absolute Gasteiger partial charge is 0.377 e. The predicted octanol–water partition coefficient (Wildman–Crippen LogP) is 3.09. The molecule has 0 radical (unpaired) electrons. The van der Waals surface area contributed by atoms with Gasteiger partial charge < -0.3 is 5.32 Å². The van der Waals surface area contributed by atoms with Crippen LogP contribution >= 0.6 is 11.3 Å². The molecule has 1 N–H and O–H groups in total. The van der Waals surface area contributed by atoms with Crippen LogP contribution in [-0.2, 0) is 19.0 Å². The number of thiazole rings is 1. The van der Waals surface area contributed by atoms with E-state index in [0.717, 1.165) is 23.6 Å². The first-order valence-electron chi connectivity index (χ1n) is 6.05. The van der Waals surface area contributed by atoms with Crippen molar-refractivity contribution in [2.45, 2.75) is 39.7 Å². The Kier molecular flexibility index (Phi) is 3.43. The van der Waals surface area contributed by atoms with Crippen molar-refractivity contribution >= 4 is 17.0 Å². The molecule has 4 nitrogen and oxygen atoms in total. The predicted molar refractivity (Wildman–Crippen MR) is 76.1 cm³/mol. The van der Waals surface area contributed by atoms with Crippen molar-refractivity contribution in [1.29, 1.82) is 0 Å². The highest BCUT2D eigenvalue weighted by molar-refractivity contribution is 7.09. The Morgan fingerprint density at radius 2 is 2.11 bits per heavy atom. The van der Waals surface area contributed by atoms with Crippen LogP contribution < -0.4 is 5.32 Å². The number of nitrogens with zero attached hydrogens (tertiary/aromatic N) is 3. The molecule has 0 aliphatic carbocycles. The average molecular weight is 264 g/mol. The Bertz CT molecular complexity index is 533. The standard InChI is InChI=1S/C13H20N4S/c1-9-11(7-17(5)16-9)14-6-10-8-18-12(15-10)13(2,3)4/h7-8,14H,6H2,1-5H3. The molecule has 98 valence electrons. The first kappa shape index (κ1) is 13.1. The highest BCUT2D eigenvalue weighted by Gasteiger charge is 2.17. The number of anilines is 1. The lowest BCUT2D eigenvalue weighted by atomic mass is 9.98. The highest BCUT2D eigenvalue weighted by atomic mass is 32.1. The van der Waals surface area contributed by atoms with Gasteiger partial charge in [-0.2, -0.15) is 5.10 Å². The third kappa shape index (κ3) is 2.90. The van der Waals surface area contributed by atoms with Gasteiger partial charge in [0, 0.05) is 24.0 Å². The van der Waals surface area contributed by atoms with Gasteiger partial charge in [-0.3, -0.25) is 4.68 Å². The Balaban J connectivity index is 2.03. The van der Waals surface area contributed by atoms with Gasteiger partial charge in [0.05, 0.1) is 28.6 Å². The van der Waals surface area contributed by atoms with Crippen LogP contribution in [0.4, 0.5) is 5.69 Å². The van der Waals surface area contributed by atoms with Crippen LogP contribution in [0.1, 0.15) is 37.2 Å². The molecular formula is C13H20N4S.